The van der Waals surface area contributed by atoms with E-state index in [4.69, 9.17) is 4.74 Å². The highest BCUT2D eigenvalue weighted by Gasteiger charge is 2.30. The second kappa shape index (κ2) is 6.52. The van der Waals surface area contributed by atoms with Crippen LogP contribution in [0.4, 0.5) is 29.3 Å². The van der Waals surface area contributed by atoms with E-state index in [9.17, 15) is 18.0 Å². The Bertz CT molecular complexity index is 706. The lowest BCUT2D eigenvalue weighted by Gasteiger charge is -2.09. The molecule has 0 aliphatic carbocycles. The van der Waals surface area contributed by atoms with Gasteiger partial charge in [0, 0.05) is 18.5 Å². The number of carbonyl (C=O) groups is 1. The number of nitrogens with zero attached hydrogens (tertiary/aromatic N) is 2. The van der Waals surface area contributed by atoms with Crippen molar-refractivity contribution in [2.45, 2.75) is 18.6 Å². The normalized spacial score (nSPS) is 17.7. The summed E-state index contributed by atoms with van der Waals surface area (Å²) in [7, 11) is 0. The number of amides is 2. The van der Waals surface area contributed by atoms with Crippen molar-refractivity contribution in [3.63, 3.8) is 0 Å². The lowest BCUT2D eigenvalue weighted by molar-refractivity contribution is -0.137. The molecule has 0 radical (unpaired) electrons. The van der Waals surface area contributed by atoms with Crippen LogP contribution in [0.25, 0.3) is 0 Å². The zero-order valence-electron chi connectivity index (χ0n) is 12.5. The van der Waals surface area contributed by atoms with Gasteiger partial charge >= 0.3 is 12.2 Å². The van der Waals surface area contributed by atoms with Gasteiger partial charge in [-0.3, -0.25) is 4.68 Å². The minimum atomic E-state index is -4.40. The lowest BCUT2D eigenvalue weighted by Crippen LogP contribution is -2.19. The molecule has 9 heteroatoms. The lowest BCUT2D eigenvalue weighted by atomic mass is 10.2. The fourth-order valence-electron chi connectivity index (χ4n) is 2.37. The highest BCUT2D eigenvalue weighted by atomic mass is 19.4. The van der Waals surface area contributed by atoms with E-state index < -0.39 is 17.8 Å². The smallest absolute Gasteiger partial charge is 0.379 e. The average Bonchev–Trinajstić information content (AvgIpc) is 3.17. The molecule has 128 valence electrons. The molecule has 1 aromatic heterocycles. The minimum Gasteiger partial charge on any atom is -0.379 e. The quantitative estimate of drug-likeness (QED) is 0.898. The Balaban J connectivity index is 1.57. The van der Waals surface area contributed by atoms with Gasteiger partial charge in [0.15, 0.2) is 0 Å². The van der Waals surface area contributed by atoms with Gasteiger partial charge in [0.1, 0.15) is 0 Å². The van der Waals surface area contributed by atoms with Gasteiger partial charge in [-0.2, -0.15) is 18.3 Å². The van der Waals surface area contributed by atoms with Crippen molar-refractivity contribution in [3.05, 3.63) is 42.2 Å². The summed E-state index contributed by atoms with van der Waals surface area (Å²) in [6.07, 6.45) is -0.353. The maximum Gasteiger partial charge on any atom is 0.416 e. The number of hydrogen-bond acceptors (Lipinski definition) is 3. The number of nitrogens with one attached hydrogen (secondary N) is 2. The first kappa shape index (κ1) is 16.3. The molecule has 1 saturated heterocycles. The average molecular weight is 340 g/mol. The second-order valence-corrected chi connectivity index (χ2v) is 5.38. The van der Waals surface area contributed by atoms with Crippen LogP contribution in [0, 0.1) is 0 Å². The van der Waals surface area contributed by atoms with E-state index >= 15 is 0 Å². The van der Waals surface area contributed by atoms with Crippen LogP contribution in [0.3, 0.4) is 0 Å². The zero-order valence-corrected chi connectivity index (χ0v) is 12.5. The number of halogens is 3. The third-order valence-corrected chi connectivity index (χ3v) is 3.61. The van der Waals surface area contributed by atoms with Gasteiger partial charge in [0.2, 0.25) is 0 Å². The van der Waals surface area contributed by atoms with Crippen molar-refractivity contribution in [3.8, 4) is 0 Å². The van der Waals surface area contributed by atoms with Crippen molar-refractivity contribution in [2.75, 3.05) is 23.8 Å². The molecular weight excluding hydrogens is 325 g/mol. The summed E-state index contributed by atoms with van der Waals surface area (Å²) in [6, 6.07) is 3.81. The van der Waals surface area contributed by atoms with Crippen molar-refractivity contribution in [1.82, 2.24) is 9.78 Å². The molecule has 2 N–H and O–H groups in total. The summed E-state index contributed by atoms with van der Waals surface area (Å²) in [4.78, 5) is 11.9. The van der Waals surface area contributed by atoms with Crippen molar-refractivity contribution >= 4 is 17.4 Å². The number of alkyl halides is 3. The summed E-state index contributed by atoms with van der Waals surface area (Å²) >= 11 is 0. The molecule has 6 nitrogen and oxygen atoms in total. The predicted octanol–water partition coefficient (Wildman–Crippen LogP) is 3.51. The fourth-order valence-corrected chi connectivity index (χ4v) is 2.37. The molecule has 0 bridgehead atoms. The molecular formula is C15H15F3N4O2. The van der Waals surface area contributed by atoms with E-state index in [0.29, 0.717) is 18.9 Å². The van der Waals surface area contributed by atoms with Gasteiger partial charge in [0.25, 0.3) is 0 Å². The molecule has 2 aromatic rings. The first-order chi connectivity index (χ1) is 11.4. The Hall–Kier alpha value is -2.55. The van der Waals surface area contributed by atoms with Crippen LogP contribution in [-0.4, -0.2) is 29.0 Å². The largest absolute Gasteiger partial charge is 0.416 e. The SMILES string of the molecule is O=C(Nc1ccc(C(F)(F)F)cc1)Nc1cnn(C2CCOC2)c1. The van der Waals surface area contributed by atoms with Gasteiger partial charge in [0.05, 0.1) is 30.1 Å². The first-order valence-electron chi connectivity index (χ1n) is 7.29. The third kappa shape index (κ3) is 3.85. The third-order valence-electron chi connectivity index (χ3n) is 3.61. The highest BCUT2D eigenvalue weighted by molar-refractivity contribution is 5.99. The van der Waals surface area contributed by atoms with Crippen LogP contribution in [0.1, 0.15) is 18.0 Å². The van der Waals surface area contributed by atoms with Crippen LogP contribution in [-0.2, 0) is 10.9 Å². The molecule has 2 heterocycles. The van der Waals surface area contributed by atoms with Crippen LogP contribution in [0.5, 0.6) is 0 Å². The maximum absolute atomic E-state index is 12.5. The fraction of sp³-hybridized carbons (Fsp3) is 0.333. The Kier molecular flexibility index (Phi) is 4.43. The molecule has 1 aliphatic rings. The number of urea groups is 1. The van der Waals surface area contributed by atoms with E-state index in [2.05, 4.69) is 15.7 Å². The maximum atomic E-state index is 12.5. The molecule has 0 spiro atoms. The van der Waals surface area contributed by atoms with Gasteiger partial charge in [-0.25, -0.2) is 4.79 Å². The summed E-state index contributed by atoms with van der Waals surface area (Å²) in [6.45, 7) is 1.26. The Morgan fingerprint density at radius 3 is 2.54 bits per heavy atom. The van der Waals surface area contributed by atoms with Gasteiger partial charge < -0.3 is 15.4 Å². The first-order valence-corrected chi connectivity index (χ1v) is 7.29. The molecule has 1 aliphatic heterocycles. The zero-order chi connectivity index (χ0) is 17.2. The van der Waals surface area contributed by atoms with E-state index in [1.807, 2.05) is 0 Å². The second-order valence-electron chi connectivity index (χ2n) is 5.38. The van der Waals surface area contributed by atoms with E-state index in [1.165, 1.54) is 18.3 Å². The summed E-state index contributed by atoms with van der Waals surface area (Å²) in [5.41, 5.74) is -0.0167. The van der Waals surface area contributed by atoms with Gasteiger partial charge in [-0.15, -0.1) is 0 Å². The number of aromatic nitrogens is 2. The van der Waals surface area contributed by atoms with E-state index in [-0.39, 0.29) is 11.7 Å². The van der Waals surface area contributed by atoms with Crippen LogP contribution in [0.15, 0.2) is 36.7 Å². The van der Waals surface area contributed by atoms with Crippen molar-refractivity contribution in [2.24, 2.45) is 0 Å². The Morgan fingerprint density at radius 2 is 1.92 bits per heavy atom. The van der Waals surface area contributed by atoms with E-state index in [1.54, 1.807) is 10.9 Å². The standard InChI is InChI=1S/C15H15F3N4O2/c16-15(17,18)10-1-3-11(4-2-10)20-14(23)21-12-7-19-22(8-12)13-5-6-24-9-13/h1-4,7-8,13H,5-6,9H2,(H2,20,21,23). The molecule has 1 unspecified atom stereocenters. The van der Waals surface area contributed by atoms with Crippen LogP contribution >= 0.6 is 0 Å². The predicted molar refractivity (Wildman–Crippen MR) is 80.8 cm³/mol. The number of ether oxygens (including phenoxy) is 1. The van der Waals surface area contributed by atoms with Crippen molar-refractivity contribution in [1.29, 1.82) is 0 Å². The van der Waals surface area contributed by atoms with Crippen LogP contribution in [0.2, 0.25) is 0 Å². The molecule has 3 rings (SSSR count). The van der Waals surface area contributed by atoms with Gasteiger partial charge in [-0.05, 0) is 30.7 Å². The Labute approximate surface area is 135 Å². The number of benzene rings is 1. The molecule has 1 fully saturated rings. The van der Waals surface area contributed by atoms with Gasteiger partial charge in [-0.1, -0.05) is 0 Å². The highest BCUT2D eigenvalue weighted by Crippen LogP contribution is 2.29. The summed E-state index contributed by atoms with van der Waals surface area (Å²) in [5, 5.41) is 9.22. The number of anilines is 2. The minimum absolute atomic E-state index is 0.151. The molecule has 24 heavy (non-hydrogen) atoms. The number of carbonyl (C=O) groups excluding carboxylic acids is 1. The summed E-state index contributed by atoms with van der Waals surface area (Å²) in [5.74, 6) is 0. The Morgan fingerprint density at radius 1 is 1.21 bits per heavy atom. The molecule has 0 saturated carbocycles. The number of rotatable bonds is 3. The molecule has 1 atom stereocenters. The number of hydrogen-bond donors (Lipinski definition) is 2. The van der Waals surface area contributed by atoms with Crippen LogP contribution < -0.4 is 10.6 Å². The topological polar surface area (TPSA) is 68.2 Å². The molecule has 1 aromatic carbocycles. The monoisotopic (exact) mass is 340 g/mol. The van der Waals surface area contributed by atoms with Crippen molar-refractivity contribution < 1.29 is 22.7 Å². The summed E-state index contributed by atoms with van der Waals surface area (Å²) < 4.78 is 44.4. The molecule has 2 amide bonds. The van der Waals surface area contributed by atoms with E-state index in [0.717, 1.165) is 18.6 Å².